The van der Waals surface area contributed by atoms with Crippen molar-refractivity contribution in [2.24, 2.45) is 11.8 Å². The van der Waals surface area contributed by atoms with E-state index in [1.807, 2.05) is 13.8 Å². The number of hydrogen-bond acceptors (Lipinski definition) is 6. The fraction of sp³-hybridized carbons (Fsp3) is 0.680. The summed E-state index contributed by atoms with van der Waals surface area (Å²) in [5.74, 6) is 0.460. The van der Waals surface area contributed by atoms with Crippen molar-refractivity contribution in [2.45, 2.75) is 85.0 Å². The first-order valence-corrected chi connectivity index (χ1v) is 11.7. The van der Waals surface area contributed by atoms with E-state index in [1.165, 1.54) is 19.3 Å². The van der Waals surface area contributed by atoms with Crippen LogP contribution >= 0.6 is 0 Å². The zero-order valence-corrected chi connectivity index (χ0v) is 19.4. The van der Waals surface area contributed by atoms with Crippen molar-refractivity contribution in [3.63, 3.8) is 0 Å². The SMILES string of the molecule is CCCCCC(=O)OC(C)C(C)C1OCC(CCCC)CO1.O=c1oc2ccc1cc2. The summed E-state index contributed by atoms with van der Waals surface area (Å²) in [6, 6.07) is 7.05. The fourth-order valence-corrected chi connectivity index (χ4v) is 3.46. The topological polar surface area (TPSA) is 75.0 Å². The van der Waals surface area contributed by atoms with Crippen molar-refractivity contribution in [1.82, 2.24) is 0 Å². The van der Waals surface area contributed by atoms with Crippen LogP contribution < -0.4 is 5.63 Å². The van der Waals surface area contributed by atoms with Gasteiger partial charge in [0.25, 0.3) is 0 Å². The van der Waals surface area contributed by atoms with Crippen LogP contribution in [0.1, 0.15) is 72.6 Å². The lowest BCUT2D eigenvalue weighted by Crippen LogP contribution is -2.40. The Labute approximate surface area is 185 Å². The number of unbranched alkanes of at least 4 members (excludes halogenated alkanes) is 3. The van der Waals surface area contributed by atoms with E-state index >= 15 is 0 Å². The number of hydrogen-bond donors (Lipinski definition) is 0. The fourth-order valence-electron chi connectivity index (χ4n) is 3.46. The molecular formula is C25H38O6. The standard InChI is InChI=1S/C18H34O4.C7H4O2/c1-5-7-9-11-17(19)22-15(4)14(3)18-20-12-16(13-21-18)10-8-6-2;8-7-5-1-3-6(9-7)4-2-5/h14-16,18H,5-13H2,1-4H3;1-4H. The summed E-state index contributed by atoms with van der Waals surface area (Å²) in [7, 11) is 0. The van der Waals surface area contributed by atoms with Gasteiger partial charge >= 0.3 is 11.6 Å². The summed E-state index contributed by atoms with van der Waals surface area (Å²) < 4.78 is 21.9. The molecule has 0 spiro atoms. The summed E-state index contributed by atoms with van der Waals surface area (Å²) in [6.45, 7) is 9.80. The molecule has 1 aliphatic heterocycles. The monoisotopic (exact) mass is 434 g/mol. The van der Waals surface area contributed by atoms with Gasteiger partial charge in [0.05, 0.1) is 18.6 Å². The number of carbonyl (C=O) groups is 1. The summed E-state index contributed by atoms with van der Waals surface area (Å²) in [5, 5.41) is 0.630. The first-order chi connectivity index (χ1) is 14.9. The van der Waals surface area contributed by atoms with E-state index in [4.69, 9.17) is 18.6 Å². The Hall–Kier alpha value is -1.92. The van der Waals surface area contributed by atoms with Crippen molar-refractivity contribution in [2.75, 3.05) is 13.2 Å². The summed E-state index contributed by atoms with van der Waals surface area (Å²) >= 11 is 0. The average molecular weight is 435 g/mol. The Morgan fingerprint density at radius 1 is 1.03 bits per heavy atom. The number of rotatable bonds is 10. The molecule has 2 bridgehead atoms. The molecule has 2 aromatic heterocycles. The molecule has 3 aromatic rings. The normalized spacial score (nSPS) is 20.6. The van der Waals surface area contributed by atoms with Gasteiger partial charge in [-0.1, -0.05) is 46.5 Å². The lowest BCUT2D eigenvalue weighted by atomic mass is 10.0. The highest BCUT2D eigenvalue weighted by atomic mass is 16.7. The molecule has 0 aliphatic carbocycles. The van der Waals surface area contributed by atoms with Gasteiger partial charge in [0.1, 0.15) is 11.7 Å². The van der Waals surface area contributed by atoms with Crippen LogP contribution in [0.25, 0.3) is 11.0 Å². The molecule has 6 heteroatoms. The molecule has 1 aliphatic rings. The molecule has 1 fully saturated rings. The quantitative estimate of drug-likeness (QED) is 0.361. The number of fused-ring (bicyclic) bond motifs is 3. The third-order valence-corrected chi connectivity index (χ3v) is 5.73. The van der Waals surface area contributed by atoms with Gasteiger partial charge in [-0.3, -0.25) is 4.79 Å². The maximum atomic E-state index is 11.8. The van der Waals surface area contributed by atoms with E-state index in [0.717, 1.165) is 32.5 Å². The highest BCUT2D eigenvalue weighted by Gasteiger charge is 2.31. The van der Waals surface area contributed by atoms with E-state index in [9.17, 15) is 9.59 Å². The molecule has 31 heavy (non-hydrogen) atoms. The molecule has 0 N–H and O–H groups in total. The van der Waals surface area contributed by atoms with E-state index in [-0.39, 0.29) is 29.9 Å². The van der Waals surface area contributed by atoms with Crippen molar-refractivity contribution < 1.29 is 23.4 Å². The first-order valence-electron chi connectivity index (χ1n) is 11.7. The Kier molecular flexibility index (Phi) is 11.0. The molecule has 0 amide bonds. The lowest BCUT2D eigenvalue weighted by molar-refractivity contribution is -0.236. The van der Waals surface area contributed by atoms with Crippen molar-refractivity contribution in [3.05, 3.63) is 34.7 Å². The van der Waals surface area contributed by atoms with Crippen LogP contribution in [0.2, 0.25) is 0 Å². The van der Waals surface area contributed by atoms with Crippen LogP contribution in [0.5, 0.6) is 0 Å². The molecule has 0 saturated carbocycles. The maximum Gasteiger partial charge on any atom is 0.343 e. The maximum absolute atomic E-state index is 11.8. The van der Waals surface area contributed by atoms with E-state index in [0.29, 0.717) is 23.3 Å². The van der Waals surface area contributed by atoms with Gasteiger partial charge in [-0.25, -0.2) is 4.79 Å². The van der Waals surface area contributed by atoms with Crippen LogP contribution in [0.15, 0.2) is 33.5 Å². The summed E-state index contributed by atoms with van der Waals surface area (Å²) in [6.07, 6.45) is 6.78. The van der Waals surface area contributed by atoms with Gasteiger partial charge in [0.15, 0.2) is 6.29 Å². The molecule has 4 rings (SSSR count). The molecular weight excluding hydrogens is 396 g/mol. The molecule has 3 heterocycles. The summed E-state index contributed by atoms with van der Waals surface area (Å²) in [4.78, 5) is 22.5. The van der Waals surface area contributed by atoms with Gasteiger partial charge in [-0.15, -0.1) is 0 Å². The van der Waals surface area contributed by atoms with Crippen LogP contribution in [-0.2, 0) is 19.0 Å². The predicted molar refractivity (Wildman–Crippen MR) is 121 cm³/mol. The Bertz CT molecular complexity index is 772. The van der Waals surface area contributed by atoms with Crippen LogP contribution in [0.3, 0.4) is 0 Å². The van der Waals surface area contributed by atoms with Gasteiger partial charge in [0, 0.05) is 18.3 Å². The van der Waals surface area contributed by atoms with Crippen molar-refractivity contribution >= 4 is 16.9 Å². The summed E-state index contributed by atoms with van der Waals surface area (Å²) in [5.41, 5.74) is 0.394. The van der Waals surface area contributed by atoms with E-state index < -0.39 is 0 Å². The van der Waals surface area contributed by atoms with Crippen LogP contribution in [0.4, 0.5) is 0 Å². The largest absolute Gasteiger partial charge is 0.462 e. The molecule has 2 atom stereocenters. The Balaban J connectivity index is 0.000000309. The second kappa shape index (κ2) is 13.5. The number of carbonyl (C=O) groups excluding carboxylic acids is 1. The smallest absolute Gasteiger partial charge is 0.343 e. The van der Waals surface area contributed by atoms with Gasteiger partial charge in [-0.2, -0.15) is 0 Å². The minimum atomic E-state index is -0.253. The highest BCUT2D eigenvalue weighted by molar-refractivity contribution is 5.69. The minimum Gasteiger partial charge on any atom is -0.462 e. The van der Waals surface area contributed by atoms with Crippen LogP contribution in [0, 0.1) is 11.8 Å². The van der Waals surface area contributed by atoms with Crippen molar-refractivity contribution in [3.8, 4) is 0 Å². The third kappa shape index (κ3) is 8.62. The number of ether oxygens (including phenoxy) is 3. The van der Waals surface area contributed by atoms with Gasteiger partial charge in [-0.05, 0) is 44.0 Å². The molecule has 2 unspecified atom stereocenters. The molecule has 6 nitrogen and oxygen atoms in total. The zero-order valence-electron chi connectivity index (χ0n) is 19.4. The Morgan fingerprint density at radius 3 is 2.16 bits per heavy atom. The molecule has 1 aromatic carbocycles. The molecule has 0 radical (unpaired) electrons. The first kappa shape index (κ1) is 25.3. The Morgan fingerprint density at radius 2 is 1.68 bits per heavy atom. The minimum absolute atomic E-state index is 0.0576. The van der Waals surface area contributed by atoms with Crippen molar-refractivity contribution in [1.29, 1.82) is 0 Å². The van der Waals surface area contributed by atoms with Crippen LogP contribution in [-0.4, -0.2) is 31.6 Å². The number of benzene rings is 1. The second-order valence-electron chi connectivity index (χ2n) is 8.47. The lowest BCUT2D eigenvalue weighted by Gasteiger charge is -2.34. The second-order valence-corrected chi connectivity index (χ2v) is 8.47. The molecule has 1 saturated heterocycles. The zero-order chi connectivity index (χ0) is 22.6. The third-order valence-electron chi connectivity index (χ3n) is 5.73. The van der Waals surface area contributed by atoms with Gasteiger partial charge < -0.3 is 18.6 Å². The van der Waals surface area contributed by atoms with E-state index in [2.05, 4.69) is 13.8 Å². The predicted octanol–water partition coefficient (Wildman–Crippen LogP) is 5.54. The van der Waals surface area contributed by atoms with Gasteiger partial charge in [0.2, 0.25) is 0 Å². The van der Waals surface area contributed by atoms with E-state index in [1.54, 1.807) is 24.3 Å². The highest BCUT2D eigenvalue weighted by Crippen LogP contribution is 2.24. The average Bonchev–Trinajstić information content (AvgIpc) is 2.79. The number of esters is 1. The molecule has 174 valence electrons.